The Bertz CT molecular complexity index is 464. The van der Waals surface area contributed by atoms with Gasteiger partial charge in [0.25, 0.3) is 0 Å². The molecule has 1 aromatic carbocycles. The zero-order chi connectivity index (χ0) is 13.7. The lowest BCUT2D eigenvalue weighted by Crippen LogP contribution is -2.42. The van der Waals surface area contributed by atoms with Crippen LogP contribution in [0.3, 0.4) is 0 Å². The molecule has 0 saturated carbocycles. The normalized spacial score (nSPS) is 11.6. The second-order valence-electron chi connectivity index (χ2n) is 4.02. The lowest BCUT2D eigenvalue weighted by atomic mass is 10.1. The predicted molar refractivity (Wildman–Crippen MR) is 66.2 cm³/mol. The standard InChI is InChI=1S/C13H15NO4/c1-8(2)12(16)14-11(13(17)18)7-9-3-5-10(15)6-4-9/h3-6,11,15H,1,7H2,2H3,(H,14,16)(H,17,18)/t11-/m1/s1. The molecule has 0 bridgehead atoms. The third-order valence-electron chi connectivity index (χ3n) is 2.37. The van der Waals surface area contributed by atoms with E-state index in [0.717, 1.165) is 0 Å². The quantitative estimate of drug-likeness (QED) is 0.681. The second-order valence-corrected chi connectivity index (χ2v) is 4.02. The van der Waals surface area contributed by atoms with Crippen molar-refractivity contribution in [1.29, 1.82) is 0 Å². The molecule has 18 heavy (non-hydrogen) atoms. The number of aromatic hydroxyl groups is 1. The molecule has 5 nitrogen and oxygen atoms in total. The van der Waals surface area contributed by atoms with Crippen LogP contribution in [0.5, 0.6) is 5.75 Å². The Morgan fingerprint density at radius 1 is 1.33 bits per heavy atom. The zero-order valence-corrected chi connectivity index (χ0v) is 10.0. The molecule has 0 aromatic heterocycles. The maximum absolute atomic E-state index is 11.4. The number of hydrogen-bond donors (Lipinski definition) is 3. The average molecular weight is 249 g/mol. The molecular formula is C13H15NO4. The average Bonchev–Trinajstić information content (AvgIpc) is 2.30. The van der Waals surface area contributed by atoms with Gasteiger partial charge in [0.2, 0.25) is 5.91 Å². The van der Waals surface area contributed by atoms with Crippen molar-refractivity contribution >= 4 is 11.9 Å². The number of hydrogen-bond acceptors (Lipinski definition) is 3. The van der Waals surface area contributed by atoms with Crippen LogP contribution in [0.2, 0.25) is 0 Å². The van der Waals surface area contributed by atoms with Gasteiger partial charge in [-0.05, 0) is 24.6 Å². The van der Waals surface area contributed by atoms with Gasteiger partial charge in [0, 0.05) is 12.0 Å². The van der Waals surface area contributed by atoms with Gasteiger partial charge in [-0.1, -0.05) is 18.7 Å². The number of carbonyl (C=O) groups is 2. The van der Waals surface area contributed by atoms with E-state index in [1.165, 1.54) is 19.1 Å². The van der Waals surface area contributed by atoms with Gasteiger partial charge in [-0.25, -0.2) is 4.79 Å². The van der Waals surface area contributed by atoms with Gasteiger partial charge in [-0.3, -0.25) is 4.79 Å². The number of rotatable bonds is 5. The summed E-state index contributed by atoms with van der Waals surface area (Å²) in [6.45, 7) is 4.96. The van der Waals surface area contributed by atoms with Crippen LogP contribution in [0.25, 0.3) is 0 Å². The maximum atomic E-state index is 11.4. The number of phenols is 1. The van der Waals surface area contributed by atoms with Crippen molar-refractivity contribution in [3.05, 3.63) is 42.0 Å². The van der Waals surface area contributed by atoms with Crippen LogP contribution in [0.1, 0.15) is 12.5 Å². The molecule has 1 rings (SSSR count). The van der Waals surface area contributed by atoms with E-state index in [1.54, 1.807) is 12.1 Å². The molecule has 0 aliphatic carbocycles. The Labute approximate surface area is 105 Å². The number of amides is 1. The van der Waals surface area contributed by atoms with E-state index >= 15 is 0 Å². The van der Waals surface area contributed by atoms with Crippen molar-refractivity contribution in [2.24, 2.45) is 0 Å². The highest BCUT2D eigenvalue weighted by molar-refractivity contribution is 5.94. The smallest absolute Gasteiger partial charge is 0.326 e. The van der Waals surface area contributed by atoms with Gasteiger partial charge >= 0.3 is 5.97 Å². The first-order chi connectivity index (χ1) is 8.40. The summed E-state index contributed by atoms with van der Waals surface area (Å²) in [5, 5.41) is 20.5. The van der Waals surface area contributed by atoms with Crippen LogP contribution >= 0.6 is 0 Å². The van der Waals surface area contributed by atoms with Crippen molar-refractivity contribution in [1.82, 2.24) is 5.32 Å². The summed E-state index contributed by atoms with van der Waals surface area (Å²) in [7, 11) is 0. The molecule has 1 atom stereocenters. The number of carbonyl (C=O) groups excluding carboxylic acids is 1. The van der Waals surface area contributed by atoms with Gasteiger partial charge < -0.3 is 15.5 Å². The monoisotopic (exact) mass is 249 g/mol. The minimum atomic E-state index is -1.11. The van der Waals surface area contributed by atoms with Crippen LogP contribution in [0.15, 0.2) is 36.4 Å². The van der Waals surface area contributed by atoms with Crippen molar-refractivity contribution in [3.8, 4) is 5.75 Å². The Balaban J connectivity index is 2.75. The highest BCUT2D eigenvalue weighted by Gasteiger charge is 2.20. The molecule has 0 heterocycles. The molecule has 1 aromatic rings. The van der Waals surface area contributed by atoms with E-state index < -0.39 is 17.9 Å². The summed E-state index contributed by atoms with van der Waals surface area (Å²) in [4.78, 5) is 22.4. The predicted octanol–water partition coefficient (Wildman–Crippen LogP) is 1.08. The largest absolute Gasteiger partial charge is 0.508 e. The third-order valence-corrected chi connectivity index (χ3v) is 2.37. The highest BCUT2D eigenvalue weighted by atomic mass is 16.4. The summed E-state index contributed by atoms with van der Waals surface area (Å²) in [5.74, 6) is -1.49. The van der Waals surface area contributed by atoms with Gasteiger partial charge in [-0.2, -0.15) is 0 Å². The molecule has 0 fully saturated rings. The molecule has 96 valence electrons. The lowest BCUT2D eigenvalue weighted by molar-refractivity contribution is -0.141. The lowest BCUT2D eigenvalue weighted by Gasteiger charge is -2.14. The molecule has 0 radical (unpaired) electrons. The number of aliphatic carboxylic acids is 1. The molecular weight excluding hydrogens is 234 g/mol. The van der Waals surface area contributed by atoms with Gasteiger partial charge in [-0.15, -0.1) is 0 Å². The fourth-order valence-electron chi connectivity index (χ4n) is 1.35. The minimum Gasteiger partial charge on any atom is -0.508 e. The van der Waals surface area contributed by atoms with E-state index in [0.29, 0.717) is 5.56 Å². The van der Waals surface area contributed by atoms with Gasteiger partial charge in [0.05, 0.1) is 0 Å². The van der Waals surface area contributed by atoms with Gasteiger partial charge in [0.15, 0.2) is 0 Å². The van der Waals surface area contributed by atoms with Crippen molar-refractivity contribution in [2.45, 2.75) is 19.4 Å². The number of benzene rings is 1. The molecule has 3 N–H and O–H groups in total. The van der Waals surface area contributed by atoms with E-state index in [4.69, 9.17) is 10.2 Å². The van der Waals surface area contributed by atoms with Crippen LogP contribution in [0, 0.1) is 0 Å². The molecule has 0 aliphatic heterocycles. The first kappa shape index (κ1) is 13.8. The second kappa shape index (κ2) is 5.86. The SMILES string of the molecule is C=C(C)C(=O)N[C@H](Cc1ccc(O)cc1)C(=O)O. The molecule has 0 unspecified atom stereocenters. The molecule has 0 aliphatic rings. The topological polar surface area (TPSA) is 86.6 Å². The van der Waals surface area contributed by atoms with E-state index in [-0.39, 0.29) is 17.7 Å². The Morgan fingerprint density at radius 2 is 1.89 bits per heavy atom. The zero-order valence-electron chi connectivity index (χ0n) is 10.0. The fourth-order valence-corrected chi connectivity index (χ4v) is 1.35. The van der Waals surface area contributed by atoms with Crippen molar-refractivity contribution < 1.29 is 19.8 Å². The summed E-state index contributed by atoms with van der Waals surface area (Å²) in [6.07, 6.45) is 0.147. The van der Waals surface area contributed by atoms with Crippen LogP contribution in [-0.2, 0) is 16.0 Å². The van der Waals surface area contributed by atoms with Crippen LogP contribution in [-0.4, -0.2) is 28.1 Å². The Morgan fingerprint density at radius 3 is 2.33 bits per heavy atom. The van der Waals surface area contributed by atoms with E-state index in [9.17, 15) is 9.59 Å². The van der Waals surface area contributed by atoms with Crippen LogP contribution < -0.4 is 5.32 Å². The van der Waals surface area contributed by atoms with Crippen LogP contribution in [0.4, 0.5) is 0 Å². The first-order valence-electron chi connectivity index (χ1n) is 5.37. The number of carboxylic acid groups (broad SMARTS) is 1. The summed E-state index contributed by atoms with van der Waals surface area (Å²) in [6, 6.07) is 5.14. The minimum absolute atomic E-state index is 0.108. The number of phenolic OH excluding ortho intramolecular Hbond substituents is 1. The summed E-state index contributed by atoms with van der Waals surface area (Å²) < 4.78 is 0. The number of carboxylic acids is 1. The summed E-state index contributed by atoms with van der Waals surface area (Å²) >= 11 is 0. The van der Waals surface area contributed by atoms with E-state index in [2.05, 4.69) is 11.9 Å². The maximum Gasteiger partial charge on any atom is 0.326 e. The number of nitrogens with one attached hydrogen (secondary N) is 1. The third kappa shape index (κ3) is 3.93. The highest BCUT2D eigenvalue weighted by Crippen LogP contribution is 2.11. The van der Waals surface area contributed by atoms with E-state index in [1.807, 2.05) is 0 Å². The van der Waals surface area contributed by atoms with Gasteiger partial charge in [0.1, 0.15) is 11.8 Å². The fraction of sp³-hybridized carbons (Fsp3) is 0.231. The molecule has 1 amide bonds. The van der Waals surface area contributed by atoms with Crippen molar-refractivity contribution in [2.75, 3.05) is 0 Å². The Hall–Kier alpha value is -2.30. The molecule has 0 saturated heterocycles. The molecule has 0 spiro atoms. The Kier molecular flexibility index (Phi) is 4.48. The first-order valence-corrected chi connectivity index (χ1v) is 5.37. The van der Waals surface area contributed by atoms with Crippen molar-refractivity contribution in [3.63, 3.8) is 0 Å². The molecule has 5 heteroatoms. The summed E-state index contributed by atoms with van der Waals surface area (Å²) in [5.41, 5.74) is 0.967.